The first-order valence-corrected chi connectivity index (χ1v) is 7.96. The summed E-state index contributed by atoms with van der Waals surface area (Å²) in [5, 5.41) is 4.72. The molecule has 0 saturated carbocycles. The summed E-state index contributed by atoms with van der Waals surface area (Å²) in [5.41, 5.74) is 3.09. The average molecular weight is 367 g/mol. The van der Waals surface area contributed by atoms with Crippen LogP contribution in [-0.2, 0) is 4.79 Å². The number of hydrazone groups is 1. The molecule has 2 rings (SSSR count). The molecule has 0 aliphatic rings. The SMILES string of the molecule is CCOc1ccc(OCC(=O)N/N=C\c2ccc(Cl)c(Cl)c2)cc1. The molecule has 2 aromatic rings. The molecule has 0 atom stereocenters. The second kappa shape index (κ2) is 9.15. The Kier molecular flexibility index (Phi) is 6.90. The lowest BCUT2D eigenvalue weighted by Gasteiger charge is -2.06. The smallest absolute Gasteiger partial charge is 0.277 e. The second-order valence-electron chi connectivity index (χ2n) is 4.66. The van der Waals surface area contributed by atoms with E-state index in [0.717, 1.165) is 11.3 Å². The third kappa shape index (κ3) is 5.76. The van der Waals surface area contributed by atoms with Crippen LogP contribution in [0.3, 0.4) is 0 Å². The van der Waals surface area contributed by atoms with Gasteiger partial charge in [-0.1, -0.05) is 29.3 Å². The number of nitrogens with one attached hydrogen (secondary N) is 1. The third-order valence-electron chi connectivity index (χ3n) is 2.85. The molecule has 0 saturated heterocycles. The summed E-state index contributed by atoms with van der Waals surface area (Å²) in [6.45, 7) is 2.36. The average Bonchev–Trinajstić information content (AvgIpc) is 2.58. The molecule has 0 fully saturated rings. The van der Waals surface area contributed by atoms with E-state index in [-0.39, 0.29) is 12.5 Å². The molecule has 0 aromatic heterocycles. The van der Waals surface area contributed by atoms with Gasteiger partial charge in [0.15, 0.2) is 6.61 Å². The van der Waals surface area contributed by atoms with Gasteiger partial charge in [-0.15, -0.1) is 0 Å². The van der Waals surface area contributed by atoms with E-state index >= 15 is 0 Å². The Hall–Kier alpha value is -2.24. The van der Waals surface area contributed by atoms with Crippen LogP contribution < -0.4 is 14.9 Å². The van der Waals surface area contributed by atoms with Crippen LogP contribution in [-0.4, -0.2) is 25.3 Å². The Morgan fingerprint density at radius 2 is 1.75 bits per heavy atom. The molecule has 2 aromatic carbocycles. The van der Waals surface area contributed by atoms with Gasteiger partial charge in [0.1, 0.15) is 11.5 Å². The number of halogens is 2. The molecular formula is C17H16Cl2N2O3. The van der Waals surface area contributed by atoms with Crippen molar-refractivity contribution in [3.63, 3.8) is 0 Å². The minimum atomic E-state index is -0.375. The molecule has 0 aliphatic heterocycles. The maximum Gasteiger partial charge on any atom is 0.277 e. The van der Waals surface area contributed by atoms with Gasteiger partial charge in [0.25, 0.3) is 5.91 Å². The number of ether oxygens (including phenoxy) is 2. The third-order valence-corrected chi connectivity index (χ3v) is 3.59. The van der Waals surface area contributed by atoms with Crippen molar-refractivity contribution in [1.82, 2.24) is 5.43 Å². The lowest BCUT2D eigenvalue weighted by Crippen LogP contribution is -2.24. The van der Waals surface area contributed by atoms with Gasteiger partial charge >= 0.3 is 0 Å². The summed E-state index contributed by atoms with van der Waals surface area (Å²) < 4.78 is 10.7. The molecule has 1 N–H and O–H groups in total. The zero-order valence-electron chi connectivity index (χ0n) is 13.0. The van der Waals surface area contributed by atoms with Crippen LogP contribution in [0.15, 0.2) is 47.6 Å². The summed E-state index contributed by atoms with van der Waals surface area (Å²) in [7, 11) is 0. The highest BCUT2D eigenvalue weighted by Crippen LogP contribution is 2.21. The maximum atomic E-state index is 11.7. The Balaban J connectivity index is 1.78. The maximum absolute atomic E-state index is 11.7. The number of nitrogens with zero attached hydrogens (tertiary/aromatic N) is 1. The zero-order chi connectivity index (χ0) is 17.4. The number of rotatable bonds is 7. The molecule has 0 bridgehead atoms. The van der Waals surface area contributed by atoms with Gasteiger partial charge < -0.3 is 9.47 Å². The topological polar surface area (TPSA) is 59.9 Å². The first kappa shape index (κ1) is 18.1. The van der Waals surface area contributed by atoms with E-state index in [9.17, 15) is 4.79 Å². The summed E-state index contributed by atoms with van der Waals surface area (Å²) in [6.07, 6.45) is 1.47. The van der Waals surface area contributed by atoms with E-state index < -0.39 is 0 Å². The van der Waals surface area contributed by atoms with E-state index in [0.29, 0.717) is 22.4 Å². The first-order chi connectivity index (χ1) is 11.6. The normalized spacial score (nSPS) is 10.6. The molecule has 0 aliphatic carbocycles. The number of amides is 1. The summed E-state index contributed by atoms with van der Waals surface area (Å²) in [6, 6.07) is 12.1. The van der Waals surface area contributed by atoms with Crippen molar-refractivity contribution in [2.24, 2.45) is 5.10 Å². The van der Waals surface area contributed by atoms with Gasteiger partial charge in [-0.05, 0) is 48.9 Å². The Labute approximate surface area is 150 Å². The predicted octanol–water partition coefficient (Wildman–Crippen LogP) is 3.92. The van der Waals surface area contributed by atoms with Crippen molar-refractivity contribution in [2.45, 2.75) is 6.92 Å². The van der Waals surface area contributed by atoms with E-state index in [4.69, 9.17) is 32.7 Å². The molecule has 0 radical (unpaired) electrons. The fourth-order valence-electron chi connectivity index (χ4n) is 1.75. The van der Waals surface area contributed by atoms with Gasteiger partial charge in [0.2, 0.25) is 0 Å². The van der Waals surface area contributed by atoms with Gasteiger partial charge in [0.05, 0.1) is 22.9 Å². The molecule has 0 spiro atoms. The van der Waals surface area contributed by atoms with Crippen molar-refractivity contribution in [3.05, 3.63) is 58.1 Å². The van der Waals surface area contributed by atoms with E-state index in [2.05, 4.69) is 10.5 Å². The fourth-order valence-corrected chi connectivity index (χ4v) is 2.06. The van der Waals surface area contributed by atoms with Crippen LogP contribution in [0.5, 0.6) is 11.5 Å². The van der Waals surface area contributed by atoms with Crippen LogP contribution in [0.2, 0.25) is 10.0 Å². The Bertz CT molecular complexity index is 718. The molecule has 7 heteroatoms. The molecule has 5 nitrogen and oxygen atoms in total. The molecule has 1 amide bonds. The van der Waals surface area contributed by atoms with Gasteiger partial charge in [-0.3, -0.25) is 4.79 Å². The number of benzene rings is 2. The highest BCUT2D eigenvalue weighted by molar-refractivity contribution is 6.42. The highest BCUT2D eigenvalue weighted by atomic mass is 35.5. The van der Waals surface area contributed by atoms with E-state index in [1.807, 2.05) is 6.92 Å². The highest BCUT2D eigenvalue weighted by Gasteiger charge is 2.02. The standard InChI is InChI=1S/C17H16Cl2N2O3/c1-2-23-13-4-6-14(7-5-13)24-11-17(22)21-20-10-12-3-8-15(18)16(19)9-12/h3-10H,2,11H2,1H3,(H,21,22)/b20-10-. The predicted molar refractivity (Wildman–Crippen MR) is 95.3 cm³/mol. The minimum Gasteiger partial charge on any atom is -0.494 e. The van der Waals surface area contributed by atoms with Crippen LogP contribution in [0.4, 0.5) is 0 Å². The van der Waals surface area contributed by atoms with Crippen molar-refractivity contribution in [3.8, 4) is 11.5 Å². The molecular weight excluding hydrogens is 351 g/mol. The van der Waals surface area contributed by atoms with Crippen LogP contribution >= 0.6 is 23.2 Å². The number of carbonyl (C=O) groups is 1. The largest absolute Gasteiger partial charge is 0.494 e. The van der Waals surface area contributed by atoms with Crippen LogP contribution in [0.25, 0.3) is 0 Å². The van der Waals surface area contributed by atoms with Crippen molar-refractivity contribution in [1.29, 1.82) is 0 Å². The van der Waals surface area contributed by atoms with Crippen LogP contribution in [0, 0.1) is 0 Å². The monoisotopic (exact) mass is 366 g/mol. The van der Waals surface area contributed by atoms with Crippen molar-refractivity contribution < 1.29 is 14.3 Å². The summed E-state index contributed by atoms with van der Waals surface area (Å²) >= 11 is 11.7. The molecule has 0 unspecified atom stereocenters. The number of hydrogen-bond acceptors (Lipinski definition) is 4. The van der Waals surface area contributed by atoms with Gasteiger partial charge in [0, 0.05) is 0 Å². The van der Waals surface area contributed by atoms with Crippen molar-refractivity contribution >= 4 is 35.3 Å². The van der Waals surface area contributed by atoms with Crippen molar-refractivity contribution in [2.75, 3.05) is 13.2 Å². The van der Waals surface area contributed by atoms with E-state index in [1.54, 1.807) is 42.5 Å². The first-order valence-electron chi connectivity index (χ1n) is 7.21. The van der Waals surface area contributed by atoms with Crippen LogP contribution in [0.1, 0.15) is 12.5 Å². The minimum absolute atomic E-state index is 0.146. The lowest BCUT2D eigenvalue weighted by atomic mass is 10.2. The zero-order valence-corrected chi connectivity index (χ0v) is 14.5. The molecule has 126 valence electrons. The molecule has 24 heavy (non-hydrogen) atoms. The Morgan fingerprint density at radius 1 is 1.08 bits per heavy atom. The van der Waals surface area contributed by atoms with Gasteiger partial charge in [-0.2, -0.15) is 5.10 Å². The number of carbonyl (C=O) groups excluding carboxylic acids is 1. The Morgan fingerprint density at radius 3 is 2.38 bits per heavy atom. The summed E-state index contributed by atoms with van der Waals surface area (Å²) in [5.74, 6) is 0.947. The van der Waals surface area contributed by atoms with Gasteiger partial charge in [-0.25, -0.2) is 5.43 Å². The second-order valence-corrected chi connectivity index (χ2v) is 5.47. The fraction of sp³-hybridized carbons (Fsp3) is 0.176. The number of hydrogen-bond donors (Lipinski definition) is 1. The lowest BCUT2D eigenvalue weighted by molar-refractivity contribution is -0.123. The molecule has 0 heterocycles. The summed E-state index contributed by atoms with van der Waals surface area (Å²) in [4.78, 5) is 11.7. The quantitative estimate of drug-likeness (QED) is 0.596. The van der Waals surface area contributed by atoms with E-state index in [1.165, 1.54) is 6.21 Å².